The summed E-state index contributed by atoms with van der Waals surface area (Å²) >= 11 is 0. The molecule has 5 heteroatoms. The van der Waals surface area contributed by atoms with E-state index in [1.54, 1.807) is 6.07 Å². The Hall–Kier alpha value is -2.30. The van der Waals surface area contributed by atoms with Crippen LogP contribution in [0.2, 0.25) is 0 Å². The van der Waals surface area contributed by atoms with Crippen LogP contribution >= 0.6 is 0 Å². The smallest absolute Gasteiger partial charge is 0.356 e. The highest BCUT2D eigenvalue weighted by atomic mass is 16.5. The van der Waals surface area contributed by atoms with Gasteiger partial charge in [-0.25, -0.2) is 4.79 Å². The molecule has 0 saturated heterocycles. The maximum absolute atomic E-state index is 11.3. The van der Waals surface area contributed by atoms with E-state index in [1.165, 1.54) is 7.11 Å². The molecule has 0 atom stereocenters. The molecule has 0 radical (unpaired) electrons. The largest absolute Gasteiger partial charge is 0.494 e. The summed E-state index contributed by atoms with van der Waals surface area (Å²) in [6.07, 6.45) is 0.976. The molecule has 0 bridgehead atoms. The Morgan fingerprint density at radius 3 is 2.68 bits per heavy atom. The molecule has 5 nitrogen and oxygen atoms in total. The summed E-state index contributed by atoms with van der Waals surface area (Å²) in [5.74, 6) is 0.399. The van der Waals surface area contributed by atoms with E-state index < -0.39 is 5.97 Å². The van der Waals surface area contributed by atoms with Crippen LogP contribution in [0.3, 0.4) is 0 Å². The van der Waals surface area contributed by atoms with Crippen molar-refractivity contribution in [1.29, 1.82) is 0 Å². The molecule has 0 unspecified atom stereocenters. The van der Waals surface area contributed by atoms with Gasteiger partial charge in [0.05, 0.1) is 19.4 Å². The number of ether oxygens (including phenoxy) is 2. The van der Waals surface area contributed by atoms with Gasteiger partial charge in [-0.3, -0.25) is 5.10 Å². The first kappa shape index (κ1) is 13.1. The topological polar surface area (TPSA) is 64.2 Å². The van der Waals surface area contributed by atoms with E-state index in [9.17, 15) is 4.79 Å². The van der Waals surface area contributed by atoms with E-state index in [2.05, 4.69) is 21.9 Å². The minimum absolute atomic E-state index is 0.337. The van der Waals surface area contributed by atoms with E-state index in [0.29, 0.717) is 18.0 Å². The Bertz CT molecular complexity index is 546. The van der Waals surface area contributed by atoms with Crippen molar-refractivity contribution in [2.45, 2.75) is 13.3 Å². The van der Waals surface area contributed by atoms with Crippen LogP contribution in [-0.2, 0) is 4.74 Å². The number of H-pyrrole nitrogens is 1. The van der Waals surface area contributed by atoms with Gasteiger partial charge >= 0.3 is 5.97 Å². The SMILES string of the molecule is CCCOc1ccc(-c2cc(C(=O)OC)[nH]n2)cc1. The number of esters is 1. The lowest BCUT2D eigenvalue weighted by atomic mass is 10.1. The van der Waals surface area contributed by atoms with Crippen LogP contribution in [0, 0.1) is 0 Å². The van der Waals surface area contributed by atoms with Crippen LogP contribution in [-0.4, -0.2) is 29.9 Å². The van der Waals surface area contributed by atoms with Gasteiger partial charge in [0, 0.05) is 5.56 Å². The standard InChI is InChI=1S/C14H16N2O3/c1-3-8-19-11-6-4-10(5-7-11)12-9-13(16-15-12)14(17)18-2/h4-7,9H,3,8H2,1-2H3,(H,15,16). The van der Waals surface area contributed by atoms with Crippen molar-refractivity contribution in [2.75, 3.05) is 13.7 Å². The number of carbonyl (C=O) groups excluding carboxylic acids is 1. The van der Waals surface area contributed by atoms with Gasteiger partial charge in [-0.05, 0) is 36.8 Å². The number of aromatic amines is 1. The summed E-state index contributed by atoms with van der Waals surface area (Å²) in [5.41, 5.74) is 1.95. The molecule has 2 aromatic rings. The molecule has 0 fully saturated rings. The second-order valence-corrected chi connectivity index (χ2v) is 4.03. The van der Waals surface area contributed by atoms with Gasteiger partial charge in [-0.1, -0.05) is 6.92 Å². The van der Waals surface area contributed by atoms with Crippen molar-refractivity contribution in [3.63, 3.8) is 0 Å². The van der Waals surface area contributed by atoms with Crippen LogP contribution in [0.5, 0.6) is 5.75 Å². The minimum Gasteiger partial charge on any atom is -0.494 e. The Balaban J connectivity index is 2.13. The van der Waals surface area contributed by atoms with Crippen LogP contribution in [0.4, 0.5) is 0 Å². The maximum Gasteiger partial charge on any atom is 0.356 e. The lowest BCUT2D eigenvalue weighted by Gasteiger charge is -2.04. The highest BCUT2D eigenvalue weighted by Crippen LogP contribution is 2.21. The van der Waals surface area contributed by atoms with Gasteiger partial charge < -0.3 is 9.47 Å². The van der Waals surface area contributed by atoms with Crippen molar-refractivity contribution in [3.8, 4) is 17.0 Å². The zero-order valence-corrected chi connectivity index (χ0v) is 11.0. The van der Waals surface area contributed by atoms with Crippen molar-refractivity contribution in [2.24, 2.45) is 0 Å². The average Bonchev–Trinajstić information content (AvgIpc) is 2.94. The van der Waals surface area contributed by atoms with E-state index in [1.807, 2.05) is 24.3 Å². The summed E-state index contributed by atoms with van der Waals surface area (Å²) in [5, 5.41) is 6.73. The number of aromatic nitrogens is 2. The van der Waals surface area contributed by atoms with Gasteiger partial charge in [-0.2, -0.15) is 5.10 Å². The number of methoxy groups -OCH3 is 1. The first-order valence-electron chi connectivity index (χ1n) is 6.11. The molecule has 1 N–H and O–H groups in total. The Labute approximate surface area is 111 Å². The molecule has 100 valence electrons. The minimum atomic E-state index is -0.429. The molecule has 0 aliphatic rings. The maximum atomic E-state index is 11.3. The van der Waals surface area contributed by atoms with Crippen molar-refractivity contribution in [1.82, 2.24) is 10.2 Å². The third-order valence-electron chi connectivity index (χ3n) is 2.61. The summed E-state index contributed by atoms with van der Waals surface area (Å²) in [4.78, 5) is 11.3. The lowest BCUT2D eigenvalue weighted by molar-refractivity contribution is 0.0594. The monoisotopic (exact) mass is 260 g/mol. The van der Waals surface area contributed by atoms with Gasteiger partial charge in [0.25, 0.3) is 0 Å². The van der Waals surface area contributed by atoms with Gasteiger partial charge in [0.1, 0.15) is 11.4 Å². The number of carbonyl (C=O) groups is 1. The van der Waals surface area contributed by atoms with Gasteiger partial charge in [0.15, 0.2) is 0 Å². The quantitative estimate of drug-likeness (QED) is 0.839. The second kappa shape index (κ2) is 6.04. The lowest BCUT2D eigenvalue weighted by Crippen LogP contribution is -2.00. The van der Waals surface area contributed by atoms with Crippen molar-refractivity contribution in [3.05, 3.63) is 36.0 Å². The Morgan fingerprint density at radius 2 is 2.05 bits per heavy atom. The predicted molar refractivity (Wildman–Crippen MR) is 71.1 cm³/mol. The molecule has 19 heavy (non-hydrogen) atoms. The van der Waals surface area contributed by atoms with Crippen LogP contribution in [0.1, 0.15) is 23.8 Å². The van der Waals surface area contributed by atoms with Gasteiger partial charge in [-0.15, -0.1) is 0 Å². The predicted octanol–water partition coefficient (Wildman–Crippen LogP) is 2.65. The number of hydrogen-bond acceptors (Lipinski definition) is 4. The van der Waals surface area contributed by atoms with Crippen molar-refractivity contribution >= 4 is 5.97 Å². The summed E-state index contributed by atoms with van der Waals surface area (Å²) in [6.45, 7) is 2.76. The van der Waals surface area contributed by atoms with Crippen LogP contribution in [0.15, 0.2) is 30.3 Å². The Kier molecular flexibility index (Phi) is 4.18. The van der Waals surface area contributed by atoms with E-state index in [4.69, 9.17) is 4.74 Å². The molecule has 0 spiro atoms. The molecule has 2 rings (SSSR count). The van der Waals surface area contributed by atoms with E-state index in [-0.39, 0.29) is 0 Å². The number of nitrogens with one attached hydrogen (secondary N) is 1. The summed E-state index contributed by atoms with van der Waals surface area (Å²) in [6, 6.07) is 9.24. The zero-order valence-electron chi connectivity index (χ0n) is 11.0. The zero-order chi connectivity index (χ0) is 13.7. The number of nitrogens with zero attached hydrogens (tertiary/aromatic N) is 1. The molecule has 0 amide bonds. The fourth-order valence-electron chi connectivity index (χ4n) is 1.63. The normalized spacial score (nSPS) is 10.2. The molecule has 1 aromatic heterocycles. The van der Waals surface area contributed by atoms with E-state index in [0.717, 1.165) is 17.7 Å². The van der Waals surface area contributed by atoms with Crippen molar-refractivity contribution < 1.29 is 14.3 Å². The number of hydrogen-bond donors (Lipinski definition) is 1. The van der Waals surface area contributed by atoms with Gasteiger partial charge in [0.2, 0.25) is 0 Å². The fourth-order valence-corrected chi connectivity index (χ4v) is 1.63. The summed E-state index contributed by atoms with van der Waals surface area (Å²) < 4.78 is 10.1. The fraction of sp³-hybridized carbons (Fsp3) is 0.286. The first-order valence-corrected chi connectivity index (χ1v) is 6.11. The molecule has 0 aliphatic carbocycles. The molecule has 0 aliphatic heterocycles. The molecule has 1 aromatic carbocycles. The van der Waals surface area contributed by atoms with E-state index >= 15 is 0 Å². The first-order chi connectivity index (χ1) is 9.24. The third-order valence-corrected chi connectivity index (χ3v) is 2.61. The molecular formula is C14H16N2O3. The molecule has 0 saturated carbocycles. The highest BCUT2D eigenvalue weighted by Gasteiger charge is 2.10. The third kappa shape index (κ3) is 3.13. The molecular weight excluding hydrogens is 244 g/mol. The van der Waals surface area contributed by atoms with Crippen LogP contribution < -0.4 is 4.74 Å². The van der Waals surface area contributed by atoms with Crippen LogP contribution in [0.25, 0.3) is 11.3 Å². The Morgan fingerprint density at radius 1 is 1.32 bits per heavy atom. The number of benzene rings is 1. The summed E-state index contributed by atoms with van der Waals surface area (Å²) in [7, 11) is 1.34. The highest BCUT2D eigenvalue weighted by molar-refractivity contribution is 5.88. The molecule has 1 heterocycles. The second-order valence-electron chi connectivity index (χ2n) is 4.03. The number of rotatable bonds is 5. The average molecular weight is 260 g/mol.